The van der Waals surface area contributed by atoms with Gasteiger partial charge < -0.3 is 10.0 Å². The van der Waals surface area contributed by atoms with Gasteiger partial charge in [0.25, 0.3) is 0 Å². The van der Waals surface area contributed by atoms with Crippen LogP contribution in [0.4, 0.5) is 5.69 Å². The topological polar surface area (TPSA) is 40.5 Å². The van der Waals surface area contributed by atoms with E-state index in [0.29, 0.717) is 10.9 Å². The lowest BCUT2D eigenvalue weighted by Crippen LogP contribution is -2.48. The summed E-state index contributed by atoms with van der Waals surface area (Å²) in [6.07, 6.45) is 1.01. The number of rotatable bonds is 2. The maximum absolute atomic E-state index is 11.2. The van der Waals surface area contributed by atoms with Gasteiger partial charge in [0.1, 0.15) is 0 Å². The summed E-state index contributed by atoms with van der Waals surface area (Å²) in [5.41, 5.74) is 2.42. The average molecular weight is 282 g/mol. The largest absolute Gasteiger partial charge is 0.478 e. The van der Waals surface area contributed by atoms with E-state index in [2.05, 4.69) is 32.6 Å². The third-order valence-electron chi connectivity index (χ3n) is 4.02. The van der Waals surface area contributed by atoms with Crippen LogP contribution in [0.2, 0.25) is 5.02 Å². The first kappa shape index (κ1) is 14.2. The van der Waals surface area contributed by atoms with Crippen LogP contribution < -0.4 is 4.90 Å². The fraction of sp³-hybridized carbons (Fsp3) is 0.533. The second-order valence-electron chi connectivity index (χ2n) is 5.86. The molecule has 0 spiro atoms. The quantitative estimate of drug-likeness (QED) is 0.885. The lowest BCUT2D eigenvalue weighted by Gasteiger charge is -2.47. The molecule has 3 nitrogen and oxygen atoms in total. The molecule has 1 atom stereocenters. The molecule has 1 aliphatic rings. The van der Waals surface area contributed by atoms with Crippen molar-refractivity contribution in [2.75, 3.05) is 11.4 Å². The Morgan fingerprint density at radius 2 is 2.16 bits per heavy atom. The highest BCUT2D eigenvalue weighted by Gasteiger charge is 2.36. The molecule has 0 fully saturated rings. The van der Waals surface area contributed by atoms with Crippen molar-refractivity contribution in [1.82, 2.24) is 0 Å². The van der Waals surface area contributed by atoms with E-state index in [9.17, 15) is 9.90 Å². The Hall–Kier alpha value is -1.22. The van der Waals surface area contributed by atoms with Crippen LogP contribution in [0.1, 0.15) is 56.0 Å². The van der Waals surface area contributed by atoms with Gasteiger partial charge in [-0.25, -0.2) is 4.79 Å². The number of aromatic carboxylic acids is 1. The van der Waals surface area contributed by atoms with Crippen molar-refractivity contribution in [2.45, 2.75) is 45.6 Å². The molecule has 1 unspecified atom stereocenters. The first-order chi connectivity index (χ1) is 8.77. The molecule has 4 heteroatoms. The van der Waals surface area contributed by atoms with E-state index < -0.39 is 5.97 Å². The zero-order chi connectivity index (χ0) is 14.4. The van der Waals surface area contributed by atoms with Gasteiger partial charge in [-0.2, -0.15) is 0 Å². The molecule has 0 saturated carbocycles. The van der Waals surface area contributed by atoms with E-state index in [-0.39, 0.29) is 11.1 Å². The SMILES string of the molecule is CCN1c2cc(Cl)c(C(=O)O)cc2C(C)CC1(C)C. The molecule has 19 heavy (non-hydrogen) atoms. The Kier molecular flexibility index (Phi) is 3.52. The third kappa shape index (κ3) is 2.32. The Balaban J connectivity index is 2.63. The van der Waals surface area contributed by atoms with E-state index >= 15 is 0 Å². The van der Waals surface area contributed by atoms with Crippen LogP contribution in [0.3, 0.4) is 0 Å². The van der Waals surface area contributed by atoms with Gasteiger partial charge in [-0.05, 0) is 50.8 Å². The van der Waals surface area contributed by atoms with E-state index in [1.807, 2.05) is 0 Å². The van der Waals surface area contributed by atoms with E-state index in [1.54, 1.807) is 12.1 Å². The van der Waals surface area contributed by atoms with Gasteiger partial charge in [-0.15, -0.1) is 0 Å². The van der Waals surface area contributed by atoms with Gasteiger partial charge in [0.05, 0.1) is 10.6 Å². The van der Waals surface area contributed by atoms with E-state index in [0.717, 1.165) is 24.2 Å². The second kappa shape index (κ2) is 4.71. The normalized spacial score (nSPS) is 21.1. The summed E-state index contributed by atoms with van der Waals surface area (Å²) in [5.74, 6) is -0.629. The number of carboxylic acids is 1. The van der Waals surface area contributed by atoms with Crippen LogP contribution in [-0.4, -0.2) is 23.2 Å². The standard InChI is InChI=1S/C15H20ClNO2/c1-5-17-13-7-12(16)11(14(18)19)6-10(13)9(2)8-15(17,3)4/h6-7,9H,5,8H2,1-4H3,(H,18,19). The molecular weight excluding hydrogens is 262 g/mol. The van der Waals surface area contributed by atoms with Crippen molar-refractivity contribution in [2.24, 2.45) is 0 Å². The Labute approximate surface area is 119 Å². The number of fused-ring (bicyclic) bond motifs is 1. The number of hydrogen-bond acceptors (Lipinski definition) is 2. The van der Waals surface area contributed by atoms with E-state index in [4.69, 9.17) is 11.6 Å². The van der Waals surface area contributed by atoms with Gasteiger partial charge >= 0.3 is 5.97 Å². The predicted octanol–water partition coefficient (Wildman–Crippen LogP) is 4.15. The van der Waals surface area contributed by atoms with E-state index in [1.165, 1.54) is 0 Å². The molecule has 1 N–H and O–H groups in total. The summed E-state index contributed by atoms with van der Waals surface area (Å²) in [6, 6.07) is 3.55. The average Bonchev–Trinajstić information content (AvgIpc) is 2.26. The molecule has 0 saturated heterocycles. The van der Waals surface area contributed by atoms with Crippen molar-refractivity contribution in [3.63, 3.8) is 0 Å². The van der Waals surface area contributed by atoms with Gasteiger partial charge in [0.15, 0.2) is 0 Å². The molecule has 104 valence electrons. The lowest BCUT2D eigenvalue weighted by molar-refractivity contribution is 0.0697. The van der Waals surface area contributed by atoms with Gasteiger partial charge in [0, 0.05) is 17.8 Å². The first-order valence-electron chi connectivity index (χ1n) is 6.62. The zero-order valence-corrected chi connectivity index (χ0v) is 12.6. The number of halogens is 1. The molecule has 0 bridgehead atoms. The predicted molar refractivity (Wildman–Crippen MR) is 78.5 cm³/mol. The molecule has 0 amide bonds. The maximum atomic E-state index is 11.2. The molecule has 1 aromatic carbocycles. The molecule has 0 aromatic heterocycles. The van der Waals surface area contributed by atoms with Gasteiger partial charge in [-0.1, -0.05) is 18.5 Å². The number of carboxylic acid groups (broad SMARTS) is 1. The van der Waals surface area contributed by atoms with Crippen LogP contribution in [-0.2, 0) is 0 Å². The summed E-state index contributed by atoms with van der Waals surface area (Å²) in [5, 5.41) is 9.50. The summed E-state index contributed by atoms with van der Waals surface area (Å²) in [6.45, 7) is 9.58. The minimum absolute atomic E-state index is 0.0647. The summed E-state index contributed by atoms with van der Waals surface area (Å²) in [7, 11) is 0. The van der Waals surface area contributed by atoms with Gasteiger partial charge in [-0.3, -0.25) is 0 Å². The van der Waals surface area contributed by atoms with Crippen LogP contribution >= 0.6 is 11.6 Å². The van der Waals surface area contributed by atoms with Crippen molar-refractivity contribution >= 4 is 23.3 Å². The van der Waals surface area contributed by atoms with Crippen molar-refractivity contribution < 1.29 is 9.90 Å². The van der Waals surface area contributed by atoms with Gasteiger partial charge in [0.2, 0.25) is 0 Å². The van der Waals surface area contributed by atoms with Crippen LogP contribution in [0.15, 0.2) is 12.1 Å². The molecule has 2 rings (SSSR count). The van der Waals surface area contributed by atoms with Crippen molar-refractivity contribution in [3.8, 4) is 0 Å². The molecular formula is C15H20ClNO2. The number of anilines is 1. The maximum Gasteiger partial charge on any atom is 0.337 e. The molecule has 0 radical (unpaired) electrons. The monoisotopic (exact) mass is 281 g/mol. The number of hydrogen-bond donors (Lipinski definition) is 1. The Morgan fingerprint density at radius 1 is 1.53 bits per heavy atom. The van der Waals surface area contributed by atoms with Crippen LogP contribution in [0.25, 0.3) is 0 Å². The molecule has 0 aliphatic carbocycles. The Morgan fingerprint density at radius 3 is 2.68 bits per heavy atom. The second-order valence-corrected chi connectivity index (χ2v) is 6.27. The van der Waals surface area contributed by atoms with Crippen LogP contribution in [0, 0.1) is 0 Å². The first-order valence-corrected chi connectivity index (χ1v) is 7.00. The summed E-state index contributed by atoms with van der Waals surface area (Å²) >= 11 is 6.11. The highest BCUT2D eigenvalue weighted by molar-refractivity contribution is 6.33. The third-order valence-corrected chi connectivity index (χ3v) is 4.33. The molecule has 1 aliphatic heterocycles. The minimum Gasteiger partial charge on any atom is -0.478 e. The summed E-state index contributed by atoms with van der Waals surface area (Å²) < 4.78 is 0. The van der Waals surface area contributed by atoms with Crippen LogP contribution in [0.5, 0.6) is 0 Å². The zero-order valence-electron chi connectivity index (χ0n) is 11.8. The number of carbonyl (C=O) groups is 1. The Bertz CT molecular complexity index is 525. The highest BCUT2D eigenvalue weighted by atomic mass is 35.5. The fourth-order valence-corrected chi connectivity index (χ4v) is 3.50. The highest BCUT2D eigenvalue weighted by Crippen LogP contribution is 2.44. The number of nitrogens with zero attached hydrogens (tertiary/aromatic N) is 1. The minimum atomic E-state index is -0.965. The number of benzene rings is 1. The van der Waals surface area contributed by atoms with Crippen molar-refractivity contribution in [1.29, 1.82) is 0 Å². The summed E-state index contributed by atoms with van der Waals surface area (Å²) in [4.78, 5) is 13.5. The molecule has 1 heterocycles. The smallest absolute Gasteiger partial charge is 0.337 e. The van der Waals surface area contributed by atoms with Crippen molar-refractivity contribution in [3.05, 3.63) is 28.3 Å². The fourth-order valence-electron chi connectivity index (χ4n) is 3.27. The molecule has 1 aromatic rings. The lowest BCUT2D eigenvalue weighted by atomic mass is 9.79.